The Labute approximate surface area is 102 Å². The van der Waals surface area contributed by atoms with Gasteiger partial charge in [0.25, 0.3) is 0 Å². The highest BCUT2D eigenvalue weighted by atomic mass is 16.1. The summed E-state index contributed by atoms with van der Waals surface area (Å²) in [7, 11) is 0. The second-order valence-electron chi connectivity index (χ2n) is 5.26. The Morgan fingerprint density at radius 3 is 2.71 bits per heavy atom. The number of hydrogen-bond donors (Lipinski definition) is 1. The van der Waals surface area contributed by atoms with Crippen molar-refractivity contribution >= 4 is 11.5 Å². The van der Waals surface area contributed by atoms with Crippen LogP contribution in [0.1, 0.15) is 43.6 Å². The standard InChI is InChI=1S/C15H19NO/c17-15(11-6-2-1-3-7-11)13-10-16-14-9-5-4-8-12(13)14/h4-5,8-9,11,13,16H,1-3,6-7,10H2. The van der Waals surface area contributed by atoms with Gasteiger partial charge in [-0.05, 0) is 24.5 Å². The molecule has 1 fully saturated rings. The summed E-state index contributed by atoms with van der Waals surface area (Å²) in [5, 5.41) is 3.35. The number of benzene rings is 1. The van der Waals surface area contributed by atoms with Crippen molar-refractivity contribution in [2.45, 2.75) is 38.0 Å². The normalized spacial score (nSPS) is 24.1. The topological polar surface area (TPSA) is 29.1 Å². The van der Waals surface area contributed by atoms with Crippen LogP contribution in [0.15, 0.2) is 24.3 Å². The predicted molar refractivity (Wildman–Crippen MR) is 69.3 cm³/mol. The molecule has 1 aromatic rings. The fraction of sp³-hybridized carbons (Fsp3) is 0.533. The van der Waals surface area contributed by atoms with E-state index in [1.54, 1.807) is 0 Å². The fourth-order valence-electron chi connectivity index (χ4n) is 3.21. The van der Waals surface area contributed by atoms with Gasteiger partial charge in [0.15, 0.2) is 0 Å². The lowest BCUT2D eigenvalue weighted by Gasteiger charge is -2.23. The maximum absolute atomic E-state index is 12.5. The maximum atomic E-state index is 12.5. The van der Waals surface area contributed by atoms with Gasteiger partial charge in [0.1, 0.15) is 5.78 Å². The molecule has 17 heavy (non-hydrogen) atoms. The lowest BCUT2D eigenvalue weighted by Crippen LogP contribution is -2.25. The molecule has 2 nitrogen and oxygen atoms in total. The summed E-state index contributed by atoms with van der Waals surface area (Å²) >= 11 is 0. The van der Waals surface area contributed by atoms with Crippen LogP contribution in [0.3, 0.4) is 0 Å². The van der Waals surface area contributed by atoms with Gasteiger partial charge in [0.05, 0.1) is 5.92 Å². The first-order valence-electron chi connectivity index (χ1n) is 6.73. The number of carbonyl (C=O) groups is 1. The lowest BCUT2D eigenvalue weighted by molar-refractivity contribution is -0.124. The number of anilines is 1. The number of hydrogen-bond acceptors (Lipinski definition) is 2. The monoisotopic (exact) mass is 229 g/mol. The van der Waals surface area contributed by atoms with Crippen molar-refractivity contribution in [3.8, 4) is 0 Å². The minimum atomic E-state index is 0.106. The number of rotatable bonds is 2. The number of para-hydroxylation sites is 1. The van der Waals surface area contributed by atoms with Crippen LogP contribution in [0.2, 0.25) is 0 Å². The van der Waals surface area contributed by atoms with Crippen LogP contribution in [0.4, 0.5) is 5.69 Å². The third-order valence-corrected chi connectivity index (χ3v) is 4.18. The smallest absolute Gasteiger partial charge is 0.145 e. The Morgan fingerprint density at radius 2 is 1.88 bits per heavy atom. The van der Waals surface area contributed by atoms with E-state index in [0.717, 1.165) is 25.1 Å². The summed E-state index contributed by atoms with van der Waals surface area (Å²) in [5.41, 5.74) is 2.37. The molecular weight excluding hydrogens is 210 g/mol. The van der Waals surface area contributed by atoms with E-state index in [0.29, 0.717) is 11.7 Å². The first-order chi connectivity index (χ1) is 8.36. The van der Waals surface area contributed by atoms with Crippen molar-refractivity contribution in [3.05, 3.63) is 29.8 Å². The van der Waals surface area contributed by atoms with Crippen LogP contribution in [0.5, 0.6) is 0 Å². The van der Waals surface area contributed by atoms with Gasteiger partial charge in [0, 0.05) is 18.2 Å². The van der Waals surface area contributed by atoms with Crippen molar-refractivity contribution in [2.75, 3.05) is 11.9 Å². The molecule has 0 bridgehead atoms. The van der Waals surface area contributed by atoms with Gasteiger partial charge in [-0.15, -0.1) is 0 Å². The van der Waals surface area contributed by atoms with E-state index in [1.165, 1.54) is 24.8 Å². The van der Waals surface area contributed by atoms with Crippen molar-refractivity contribution in [2.24, 2.45) is 5.92 Å². The average molecular weight is 229 g/mol. The Balaban J connectivity index is 1.79. The molecule has 1 aliphatic carbocycles. The molecule has 1 aromatic carbocycles. The molecule has 1 saturated carbocycles. The minimum Gasteiger partial charge on any atom is -0.384 e. The second-order valence-corrected chi connectivity index (χ2v) is 5.26. The fourth-order valence-corrected chi connectivity index (χ4v) is 3.21. The highest BCUT2D eigenvalue weighted by Crippen LogP contribution is 2.36. The first kappa shape index (κ1) is 10.8. The molecule has 1 unspecified atom stereocenters. The molecule has 0 radical (unpaired) electrons. The highest BCUT2D eigenvalue weighted by molar-refractivity contribution is 5.91. The van der Waals surface area contributed by atoms with E-state index in [1.807, 2.05) is 12.1 Å². The molecule has 2 heteroatoms. The molecule has 0 spiro atoms. The van der Waals surface area contributed by atoms with Gasteiger partial charge in [-0.25, -0.2) is 0 Å². The quantitative estimate of drug-likeness (QED) is 0.842. The van der Waals surface area contributed by atoms with E-state index in [-0.39, 0.29) is 5.92 Å². The van der Waals surface area contributed by atoms with Crippen LogP contribution in [0, 0.1) is 5.92 Å². The van der Waals surface area contributed by atoms with Crippen LogP contribution >= 0.6 is 0 Å². The zero-order valence-electron chi connectivity index (χ0n) is 10.1. The van der Waals surface area contributed by atoms with Gasteiger partial charge >= 0.3 is 0 Å². The number of carbonyl (C=O) groups excluding carboxylic acids is 1. The number of ketones is 1. The van der Waals surface area contributed by atoms with Crippen molar-refractivity contribution in [1.29, 1.82) is 0 Å². The maximum Gasteiger partial charge on any atom is 0.145 e. The molecule has 90 valence electrons. The molecule has 1 atom stereocenters. The Hall–Kier alpha value is -1.31. The summed E-state index contributed by atoms with van der Waals surface area (Å²) in [6, 6.07) is 8.23. The molecular formula is C15H19NO. The van der Waals surface area contributed by atoms with Crippen molar-refractivity contribution < 1.29 is 4.79 Å². The summed E-state index contributed by atoms with van der Waals surface area (Å²) < 4.78 is 0. The van der Waals surface area contributed by atoms with E-state index in [4.69, 9.17) is 0 Å². The summed E-state index contributed by atoms with van der Waals surface area (Å²) in [6.07, 6.45) is 5.99. The largest absolute Gasteiger partial charge is 0.384 e. The van der Waals surface area contributed by atoms with Crippen molar-refractivity contribution in [1.82, 2.24) is 0 Å². The Kier molecular flexibility index (Phi) is 2.87. The third-order valence-electron chi connectivity index (χ3n) is 4.18. The molecule has 1 aliphatic heterocycles. The minimum absolute atomic E-state index is 0.106. The van der Waals surface area contributed by atoms with Gasteiger partial charge in [-0.1, -0.05) is 37.5 Å². The van der Waals surface area contributed by atoms with Gasteiger partial charge in [0.2, 0.25) is 0 Å². The van der Waals surface area contributed by atoms with E-state index in [2.05, 4.69) is 17.4 Å². The van der Waals surface area contributed by atoms with Crippen LogP contribution < -0.4 is 5.32 Å². The summed E-state index contributed by atoms with van der Waals surface area (Å²) in [4.78, 5) is 12.5. The molecule has 1 heterocycles. The van der Waals surface area contributed by atoms with Crippen LogP contribution in [-0.4, -0.2) is 12.3 Å². The van der Waals surface area contributed by atoms with E-state index >= 15 is 0 Å². The van der Waals surface area contributed by atoms with Crippen molar-refractivity contribution in [3.63, 3.8) is 0 Å². The number of nitrogens with one attached hydrogen (secondary N) is 1. The Morgan fingerprint density at radius 1 is 1.12 bits per heavy atom. The zero-order chi connectivity index (χ0) is 11.7. The molecule has 3 rings (SSSR count). The SMILES string of the molecule is O=C(C1CCCCC1)C1CNc2ccccc21. The molecule has 2 aliphatic rings. The summed E-state index contributed by atoms with van der Waals surface area (Å²) in [5.74, 6) is 0.901. The van der Waals surface area contributed by atoms with Crippen LogP contribution in [-0.2, 0) is 4.79 Å². The van der Waals surface area contributed by atoms with Gasteiger partial charge in [-0.2, -0.15) is 0 Å². The average Bonchev–Trinajstić information content (AvgIpc) is 2.83. The van der Waals surface area contributed by atoms with Gasteiger partial charge < -0.3 is 5.32 Å². The lowest BCUT2D eigenvalue weighted by atomic mass is 9.80. The second kappa shape index (κ2) is 4.52. The van der Waals surface area contributed by atoms with Crippen LogP contribution in [0.25, 0.3) is 0 Å². The highest BCUT2D eigenvalue weighted by Gasteiger charge is 2.33. The molecule has 1 N–H and O–H groups in total. The molecule has 0 aromatic heterocycles. The predicted octanol–water partition coefficient (Wildman–Crippen LogP) is 3.35. The van der Waals surface area contributed by atoms with Gasteiger partial charge in [-0.3, -0.25) is 4.79 Å². The first-order valence-corrected chi connectivity index (χ1v) is 6.73. The van der Waals surface area contributed by atoms with E-state index in [9.17, 15) is 4.79 Å². The third kappa shape index (κ3) is 1.97. The van der Waals surface area contributed by atoms with E-state index < -0.39 is 0 Å². The number of Topliss-reactive ketones (excluding diaryl/α,β-unsaturated/α-hetero) is 1. The summed E-state index contributed by atoms with van der Waals surface area (Å²) in [6.45, 7) is 0.800. The Bertz CT molecular complexity index is 421. The number of fused-ring (bicyclic) bond motifs is 1. The zero-order valence-corrected chi connectivity index (χ0v) is 10.1. The molecule has 0 amide bonds. The molecule has 0 saturated heterocycles.